The second-order valence-electron chi connectivity index (χ2n) is 5.24. The van der Waals surface area contributed by atoms with E-state index in [1.54, 1.807) is 14.2 Å². The quantitative estimate of drug-likeness (QED) is 0.825. The maximum atomic E-state index is 10.2. The molecule has 0 saturated carbocycles. The lowest BCUT2D eigenvalue weighted by Crippen LogP contribution is -2.21. The zero-order valence-electron chi connectivity index (χ0n) is 13.3. The van der Waals surface area contributed by atoms with E-state index in [0.29, 0.717) is 13.1 Å². The molecule has 0 aliphatic heterocycles. The van der Waals surface area contributed by atoms with Gasteiger partial charge in [-0.05, 0) is 18.6 Å². The van der Waals surface area contributed by atoms with Crippen molar-refractivity contribution in [3.63, 3.8) is 0 Å². The molecule has 1 atom stereocenters. The van der Waals surface area contributed by atoms with Crippen LogP contribution in [0.15, 0.2) is 42.5 Å². The van der Waals surface area contributed by atoms with Crippen LogP contribution in [-0.2, 0) is 6.54 Å². The van der Waals surface area contributed by atoms with E-state index in [0.717, 1.165) is 28.2 Å². The van der Waals surface area contributed by atoms with Crippen LogP contribution in [0.3, 0.4) is 0 Å². The van der Waals surface area contributed by atoms with Crippen molar-refractivity contribution < 1.29 is 14.6 Å². The summed E-state index contributed by atoms with van der Waals surface area (Å²) in [6.07, 6.45) is -0.524. The van der Waals surface area contributed by atoms with Crippen LogP contribution >= 0.6 is 0 Å². The van der Waals surface area contributed by atoms with Crippen molar-refractivity contribution in [2.45, 2.75) is 19.6 Å². The van der Waals surface area contributed by atoms with Gasteiger partial charge in [0, 0.05) is 24.7 Å². The molecule has 0 aliphatic rings. The van der Waals surface area contributed by atoms with Gasteiger partial charge in [0.05, 0.1) is 20.3 Å². The van der Waals surface area contributed by atoms with Crippen molar-refractivity contribution in [1.29, 1.82) is 0 Å². The first-order chi connectivity index (χ1) is 10.6. The van der Waals surface area contributed by atoms with Gasteiger partial charge in [-0.3, -0.25) is 0 Å². The van der Waals surface area contributed by atoms with Crippen molar-refractivity contribution in [2.75, 3.05) is 20.8 Å². The molecule has 2 N–H and O–H groups in total. The van der Waals surface area contributed by atoms with Crippen LogP contribution in [0.2, 0.25) is 0 Å². The summed E-state index contributed by atoms with van der Waals surface area (Å²) in [6, 6.07) is 13.6. The van der Waals surface area contributed by atoms with Crippen LogP contribution in [0.5, 0.6) is 11.5 Å². The molecule has 0 aromatic heterocycles. The normalized spacial score (nSPS) is 12.0. The molecule has 2 rings (SSSR count). The summed E-state index contributed by atoms with van der Waals surface area (Å²) in [5, 5.41) is 13.5. The second kappa shape index (κ2) is 7.82. The third-order valence-corrected chi connectivity index (χ3v) is 3.57. The topological polar surface area (TPSA) is 50.7 Å². The van der Waals surface area contributed by atoms with Crippen molar-refractivity contribution >= 4 is 0 Å². The van der Waals surface area contributed by atoms with E-state index >= 15 is 0 Å². The fourth-order valence-electron chi connectivity index (χ4n) is 2.34. The molecule has 2 aromatic rings. The lowest BCUT2D eigenvalue weighted by molar-refractivity contribution is 0.174. The number of hydrogen-bond acceptors (Lipinski definition) is 4. The van der Waals surface area contributed by atoms with Gasteiger partial charge in [-0.25, -0.2) is 0 Å². The molecule has 0 aliphatic carbocycles. The Morgan fingerprint density at radius 1 is 1.09 bits per heavy atom. The molecule has 118 valence electrons. The third kappa shape index (κ3) is 4.23. The summed E-state index contributed by atoms with van der Waals surface area (Å²) in [5.74, 6) is 1.54. The Morgan fingerprint density at radius 3 is 2.59 bits per heavy atom. The molecule has 0 fully saturated rings. The number of hydrogen-bond donors (Lipinski definition) is 2. The number of aliphatic hydroxyl groups excluding tert-OH is 1. The van der Waals surface area contributed by atoms with Crippen LogP contribution in [0, 0.1) is 6.92 Å². The molecule has 0 heterocycles. The summed E-state index contributed by atoms with van der Waals surface area (Å²) in [6.45, 7) is 3.13. The van der Waals surface area contributed by atoms with Crippen LogP contribution in [-0.4, -0.2) is 25.9 Å². The summed E-state index contributed by atoms with van der Waals surface area (Å²) in [7, 11) is 3.27. The van der Waals surface area contributed by atoms with E-state index in [1.807, 2.05) is 49.4 Å². The second-order valence-corrected chi connectivity index (χ2v) is 5.24. The van der Waals surface area contributed by atoms with Crippen LogP contribution in [0.4, 0.5) is 0 Å². The van der Waals surface area contributed by atoms with E-state index < -0.39 is 6.10 Å². The summed E-state index contributed by atoms with van der Waals surface area (Å²) in [4.78, 5) is 0. The highest BCUT2D eigenvalue weighted by molar-refractivity contribution is 5.40. The first kappa shape index (κ1) is 16.3. The Kier molecular flexibility index (Phi) is 5.81. The minimum absolute atomic E-state index is 0.485. The standard InChI is InChI=1S/C18H23NO3/c1-13-5-4-6-14(9-13)17(20)12-19-11-15-7-8-16(21-2)10-18(15)22-3/h4-10,17,19-20H,11-12H2,1-3H3. The average molecular weight is 301 g/mol. The number of ether oxygens (including phenoxy) is 2. The Hall–Kier alpha value is -2.04. The van der Waals surface area contributed by atoms with E-state index in [2.05, 4.69) is 5.32 Å². The minimum Gasteiger partial charge on any atom is -0.497 e. The van der Waals surface area contributed by atoms with E-state index in [1.165, 1.54) is 0 Å². The number of aliphatic hydroxyl groups is 1. The average Bonchev–Trinajstić information content (AvgIpc) is 2.54. The zero-order valence-corrected chi connectivity index (χ0v) is 13.3. The zero-order chi connectivity index (χ0) is 15.9. The summed E-state index contributed by atoms with van der Waals surface area (Å²) < 4.78 is 10.5. The largest absolute Gasteiger partial charge is 0.497 e. The molecule has 1 unspecified atom stereocenters. The van der Waals surface area contributed by atoms with E-state index in [-0.39, 0.29) is 0 Å². The Balaban J connectivity index is 1.93. The molecule has 0 radical (unpaired) electrons. The predicted octanol–water partition coefficient (Wildman–Crippen LogP) is 2.84. The van der Waals surface area contributed by atoms with Crippen molar-refractivity contribution in [1.82, 2.24) is 5.32 Å². The van der Waals surface area contributed by atoms with Gasteiger partial charge in [0.25, 0.3) is 0 Å². The molecule has 0 saturated heterocycles. The molecular weight excluding hydrogens is 278 g/mol. The number of methoxy groups -OCH3 is 2. The van der Waals surface area contributed by atoms with Gasteiger partial charge in [-0.2, -0.15) is 0 Å². The third-order valence-electron chi connectivity index (χ3n) is 3.57. The number of benzene rings is 2. The van der Waals surface area contributed by atoms with Gasteiger partial charge in [0.2, 0.25) is 0 Å². The van der Waals surface area contributed by atoms with Gasteiger partial charge in [0.15, 0.2) is 0 Å². The summed E-state index contributed by atoms with van der Waals surface area (Å²) >= 11 is 0. The molecular formula is C18H23NO3. The van der Waals surface area contributed by atoms with Gasteiger partial charge in [-0.1, -0.05) is 35.9 Å². The number of nitrogens with one attached hydrogen (secondary N) is 1. The molecule has 0 amide bonds. The Bertz CT molecular complexity index is 613. The SMILES string of the molecule is COc1ccc(CNCC(O)c2cccc(C)c2)c(OC)c1. The van der Waals surface area contributed by atoms with E-state index in [4.69, 9.17) is 9.47 Å². The Morgan fingerprint density at radius 2 is 1.91 bits per heavy atom. The molecule has 4 heteroatoms. The van der Waals surface area contributed by atoms with Crippen molar-refractivity contribution in [2.24, 2.45) is 0 Å². The van der Waals surface area contributed by atoms with Gasteiger partial charge < -0.3 is 19.9 Å². The maximum absolute atomic E-state index is 10.2. The molecule has 22 heavy (non-hydrogen) atoms. The molecule has 0 bridgehead atoms. The number of rotatable bonds is 7. The monoisotopic (exact) mass is 301 g/mol. The first-order valence-electron chi connectivity index (χ1n) is 7.30. The van der Waals surface area contributed by atoms with Gasteiger partial charge in [0.1, 0.15) is 11.5 Å². The lowest BCUT2D eigenvalue weighted by atomic mass is 10.1. The van der Waals surface area contributed by atoms with Crippen LogP contribution in [0.25, 0.3) is 0 Å². The van der Waals surface area contributed by atoms with Gasteiger partial charge in [-0.15, -0.1) is 0 Å². The predicted molar refractivity (Wildman–Crippen MR) is 87.4 cm³/mol. The van der Waals surface area contributed by atoms with E-state index in [9.17, 15) is 5.11 Å². The maximum Gasteiger partial charge on any atom is 0.127 e. The van der Waals surface area contributed by atoms with Crippen molar-refractivity contribution in [3.8, 4) is 11.5 Å². The summed E-state index contributed by atoms with van der Waals surface area (Å²) in [5.41, 5.74) is 3.10. The highest BCUT2D eigenvalue weighted by Crippen LogP contribution is 2.24. The first-order valence-corrected chi connectivity index (χ1v) is 7.30. The lowest BCUT2D eigenvalue weighted by Gasteiger charge is -2.14. The molecule has 2 aromatic carbocycles. The molecule has 4 nitrogen and oxygen atoms in total. The van der Waals surface area contributed by atoms with Crippen molar-refractivity contribution in [3.05, 3.63) is 59.2 Å². The fourth-order valence-corrected chi connectivity index (χ4v) is 2.34. The van der Waals surface area contributed by atoms with Gasteiger partial charge >= 0.3 is 0 Å². The smallest absolute Gasteiger partial charge is 0.127 e. The molecule has 0 spiro atoms. The fraction of sp³-hybridized carbons (Fsp3) is 0.333. The Labute approximate surface area is 131 Å². The highest BCUT2D eigenvalue weighted by atomic mass is 16.5. The highest BCUT2D eigenvalue weighted by Gasteiger charge is 2.09. The minimum atomic E-state index is -0.524. The van der Waals surface area contributed by atoms with Crippen LogP contribution < -0.4 is 14.8 Å². The number of aryl methyl sites for hydroxylation is 1. The van der Waals surface area contributed by atoms with Crippen LogP contribution in [0.1, 0.15) is 22.8 Å².